The van der Waals surface area contributed by atoms with Crippen LogP contribution in [0.15, 0.2) is 22.7 Å². The summed E-state index contributed by atoms with van der Waals surface area (Å²) in [6, 6.07) is 4.14. The number of phenols is 1. The summed E-state index contributed by atoms with van der Waals surface area (Å²) in [6.45, 7) is 2.53. The van der Waals surface area contributed by atoms with Crippen molar-refractivity contribution in [1.82, 2.24) is 4.90 Å². The molecule has 1 aliphatic heterocycles. The Bertz CT molecular complexity index is 532. The van der Waals surface area contributed by atoms with Gasteiger partial charge in [-0.25, -0.2) is 4.79 Å². The van der Waals surface area contributed by atoms with Gasteiger partial charge in [-0.1, -0.05) is 15.9 Å². The summed E-state index contributed by atoms with van der Waals surface area (Å²) in [5.41, 5.74) is 0.199. The molecule has 5 nitrogen and oxygen atoms in total. The first-order valence-electron chi connectivity index (χ1n) is 6.50. The molecule has 20 heavy (non-hydrogen) atoms. The Morgan fingerprint density at radius 3 is 2.90 bits per heavy atom. The first-order valence-corrected chi connectivity index (χ1v) is 7.30. The SMILES string of the molecule is CCOC(=O)C1CCCN1C(=O)c1ccc(Br)cc1O. The van der Waals surface area contributed by atoms with Crippen molar-refractivity contribution >= 4 is 27.8 Å². The van der Waals surface area contributed by atoms with Gasteiger partial charge in [0.1, 0.15) is 11.8 Å². The molecule has 1 amide bonds. The molecule has 1 aliphatic rings. The third-order valence-electron chi connectivity index (χ3n) is 3.26. The van der Waals surface area contributed by atoms with E-state index in [1.165, 1.54) is 11.0 Å². The van der Waals surface area contributed by atoms with Gasteiger partial charge in [0.2, 0.25) is 0 Å². The average Bonchev–Trinajstić information content (AvgIpc) is 2.87. The summed E-state index contributed by atoms with van der Waals surface area (Å²) < 4.78 is 5.68. The Morgan fingerprint density at radius 1 is 1.50 bits per heavy atom. The van der Waals surface area contributed by atoms with E-state index in [1.54, 1.807) is 19.1 Å². The lowest BCUT2D eigenvalue weighted by atomic mass is 10.1. The van der Waals surface area contributed by atoms with Crippen molar-refractivity contribution in [3.63, 3.8) is 0 Å². The van der Waals surface area contributed by atoms with Crippen LogP contribution in [0.1, 0.15) is 30.1 Å². The van der Waals surface area contributed by atoms with Gasteiger partial charge in [0.05, 0.1) is 12.2 Å². The van der Waals surface area contributed by atoms with E-state index in [0.717, 1.165) is 6.42 Å². The first kappa shape index (κ1) is 14.8. The smallest absolute Gasteiger partial charge is 0.328 e. The summed E-state index contributed by atoms with van der Waals surface area (Å²) in [5, 5.41) is 9.86. The van der Waals surface area contributed by atoms with Crippen LogP contribution in [0.25, 0.3) is 0 Å². The molecular formula is C14H16BrNO4. The van der Waals surface area contributed by atoms with E-state index in [4.69, 9.17) is 4.74 Å². The van der Waals surface area contributed by atoms with Crippen molar-refractivity contribution < 1.29 is 19.4 Å². The second-order valence-electron chi connectivity index (χ2n) is 4.57. The molecule has 0 aromatic heterocycles. The number of carbonyl (C=O) groups is 2. The lowest BCUT2D eigenvalue weighted by Gasteiger charge is -2.23. The van der Waals surface area contributed by atoms with E-state index in [1.807, 2.05) is 0 Å². The van der Waals surface area contributed by atoms with Crippen LogP contribution >= 0.6 is 15.9 Å². The summed E-state index contributed by atoms with van der Waals surface area (Å²) in [6.07, 6.45) is 1.36. The van der Waals surface area contributed by atoms with Gasteiger partial charge in [-0.3, -0.25) is 4.79 Å². The van der Waals surface area contributed by atoms with Crippen LogP contribution in [-0.2, 0) is 9.53 Å². The highest BCUT2D eigenvalue weighted by Crippen LogP contribution is 2.27. The number of phenolic OH excluding ortho intramolecular Hbond substituents is 1. The zero-order valence-electron chi connectivity index (χ0n) is 11.1. The monoisotopic (exact) mass is 341 g/mol. The van der Waals surface area contributed by atoms with E-state index in [0.29, 0.717) is 24.0 Å². The van der Waals surface area contributed by atoms with E-state index in [9.17, 15) is 14.7 Å². The van der Waals surface area contributed by atoms with Gasteiger partial charge in [0.25, 0.3) is 5.91 Å². The molecule has 1 heterocycles. The van der Waals surface area contributed by atoms with Gasteiger partial charge >= 0.3 is 5.97 Å². The molecule has 0 spiro atoms. The number of esters is 1. The minimum Gasteiger partial charge on any atom is -0.507 e. The molecular weight excluding hydrogens is 326 g/mol. The number of ether oxygens (including phenoxy) is 1. The summed E-state index contributed by atoms with van der Waals surface area (Å²) in [5.74, 6) is -0.820. The molecule has 0 bridgehead atoms. The Kier molecular flexibility index (Phi) is 4.65. The molecule has 1 fully saturated rings. The number of hydrogen-bond donors (Lipinski definition) is 1. The number of aromatic hydroxyl groups is 1. The van der Waals surface area contributed by atoms with Crippen molar-refractivity contribution in [2.75, 3.05) is 13.2 Å². The Hall–Kier alpha value is -1.56. The fourth-order valence-corrected chi connectivity index (χ4v) is 2.68. The number of halogens is 1. The highest BCUT2D eigenvalue weighted by molar-refractivity contribution is 9.10. The van der Waals surface area contributed by atoms with E-state index in [2.05, 4.69) is 15.9 Å². The average molecular weight is 342 g/mol. The first-order chi connectivity index (χ1) is 9.54. The zero-order chi connectivity index (χ0) is 14.7. The summed E-state index contributed by atoms with van der Waals surface area (Å²) in [7, 11) is 0. The number of amides is 1. The molecule has 1 unspecified atom stereocenters. The highest BCUT2D eigenvalue weighted by atomic mass is 79.9. The summed E-state index contributed by atoms with van der Waals surface area (Å²) >= 11 is 3.23. The molecule has 1 aromatic carbocycles. The minimum absolute atomic E-state index is 0.0983. The lowest BCUT2D eigenvalue weighted by Crippen LogP contribution is -2.41. The van der Waals surface area contributed by atoms with Gasteiger partial charge in [-0.2, -0.15) is 0 Å². The normalized spacial score (nSPS) is 18.1. The van der Waals surface area contributed by atoms with E-state index in [-0.39, 0.29) is 23.2 Å². The highest BCUT2D eigenvalue weighted by Gasteiger charge is 2.36. The molecule has 108 valence electrons. The van der Waals surface area contributed by atoms with Crippen molar-refractivity contribution in [3.8, 4) is 5.75 Å². The number of likely N-dealkylation sites (tertiary alicyclic amines) is 1. The second kappa shape index (κ2) is 6.26. The van der Waals surface area contributed by atoms with Crippen molar-refractivity contribution in [2.45, 2.75) is 25.8 Å². The number of carbonyl (C=O) groups excluding carboxylic acids is 2. The van der Waals surface area contributed by atoms with Gasteiger partial charge < -0.3 is 14.7 Å². The maximum absolute atomic E-state index is 12.4. The van der Waals surface area contributed by atoms with Gasteiger partial charge in [0.15, 0.2) is 0 Å². The predicted molar refractivity (Wildman–Crippen MR) is 76.5 cm³/mol. The van der Waals surface area contributed by atoms with Crippen LogP contribution in [0.5, 0.6) is 5.75 Å². The Labute approximate surface area is 125 Å². The van der Waals surface area contributed by atoms with Crippen LogP contribution < -0.4 is 0 Å². The van der Waals surface area contributed by atoms with Gasteiger partial charge in [-0.15, -0.1) is 0 Å². The number of nitrogens with zero attached hydrogens (tertiary/aromatic N) is 1. The predicted octanol–water partition coefficient (Wildman–Crippen LogP) is 2.32. The maximum atomic E-state index is 12.4. The van der Waals surface area contributed by atoms with Crippen molar-refractivity contribution in [1.29, 1.82) is 0 Å². The molecule has 0 saturated carbocycles. The largest absolute Gasteiger partial charge is 0.507 e. The van der Waals surface area contributed by atoms with Gasteiger partial charge in [0, 0.05) is 11.0 Å². The Morgan fingerprint density at radius 2 is 2.25 bits per heavy atom. The molecule has 2 rings (SSSR count). The van der Waals surface area contributed by atoms with Crippen molar-refractivity contribution in [2.24, 2.45) is 0 Å². The van der Waals surface area contributed by atoms with Crippen LogP contribution in [0.2, 0.25) is 0 Å². The van der Waals surface area contributed by atoms with Gasteiger partial charge in [-0.05, 0) is 38.0 Å². The van der Waals surface area contributed by atoms with Crippen LogP contribution in [0, 0.1) is 0 Å². The van der Waals surface area contributed by atoms with E-state index < -0.39 is 6.04 Å². The molecule has 0 radical (unpaired) electrons. The minimum atomic E-state index is -0.550. The standard InChI is InChI=1S/C14H16BrNO4/c1-2-20-14(19)11-4-3-7-16(11)13(18)10-6-5-9(15)8-12(10)17/h5-6,8,11,17H,2-4,7H2,1H3. The molecule has 1 saturated heterocycles. The molecule has 0 aliphatic carbocycles. The number of hydrogen-bond acceptors (Lipinski definition) is 4. The van der Waals surface area contributed by atoms with Crippen molar-refractivity contribution in [3.05, 3.63) is 28.2 Å². The number of benzene rings is 1. The second-order valence-corrected chi connectivity index (χ2v) is 5.49. The quantitative estimate of drug-likeness (QED) is 0.856. The van der Waals surface area contributed by atoms with Crippen LogP contribution in [0.4, 0.5) is 0 Å². The van der Waals surface area contributed by atoms with Crippen LogP contribution in [0.3, 0.4) is 0 Å². The molecule has 1 aromatic rings. The summed E-state index contributed by atoms with van der Waals surface area (Å²) in [4.78, 5) is 25.8. The third kappa shape index (κ3) is 2.95. The number of rotatable bonds is 3. The topological polar surface area (TPSA) is 66.8 Å². The maximum Gasteiger partial charge on any atom is 0.328 e. The fourth-order valence-electron chi connectivity index (χ4n) is 2.33. The third-order valence-corrected chi connectivity index (χ3v) is 3.76. The molecule has 1 N–H and O–H groups in total. The lowest BCUT2D eigenvalue weighted by molar-refractivity contribution is -0.147. The zero-order valence-corrected chi connectivity index (χ0v) is 12.7. The van der Waals surface area contributed by atoms with Crippen LogP contribution in [-0.4, -0.2) is 41.1 Å². The Balaban J connectivity index is 2.21. The fraction of sp³-hybridized carbons (Fsp3) is 0.429. The molecule has 1 atom stereocenters. The van der Waals surface area contributed by atoms with E-state index >= 15 is 0 Å². The molecule has 6 heteroatoms.